The van der Waals surface area contributed by atoms with Crippen LogP contribution in [-0.4, -0.2) is 30.9 Å². The van der Waals surface area contributed by atoms with E-state index in [1.165, 1.54) is 22.0 Å². The van der Waals surface area contributed by atoms with Gasteiger partial charge >= 0.3 is 5.69 Å². The minimum absolute atomic E-state index is 0.310. The number of hydrogen-bond acceptors (Lipinski definition) is 6. The molecule has 148 valence electrons. The van der Waals surface area contributed by atoms with Gasteiger partial charge in [-0.3, -0.25) is 9.36 Å². The maximum Gasteiger partial charge on any atom is 0.343 e. The van der Waals surface area contributed by atoms with Crippen molar-refractivity contribution < 1.29 is 13.6 Å². The normalized spacial score (nSPS) is 12.1. The second-order valence-electron chi connectivity index (χ2n) is 5.88. The van der Waals surface area contributed by atoms with E-state index in [1.807, 2.05) is 6.92 Å². The largest absolute Gasteiger partial charge is 0.343 e. The summed E-state index contributed by atoms with van der Waals surface area (Å²) in [6.45, 7) is 4.15. The van der Waals surface area contributed by atoms with Gasteiger partial charge in [0.25, 0.3) is 0 Å². The summed E-state index contributed by atoms with van der Waals surface area (Å²) in [5.41, 5.74) is 0.537. The first-order chi connectivity index (χ1) is 13.4. The van der Waals surface area contributed by atoms with Gasteiger partial charge in [0, 0.05) is 17.5 Å². The number of thioether (sulfide) groups is 1. The number of thiazole rings is 1. The summed E-state index contributed by atoms with van der Waals surface area (Å²) in [4.78, 5) is 28.4. The van der Waals surface area contributed by atoms with E-state index in [0.29, 0.717) is 28.1 Å². The molecule has 0 spiro atoms. The lowest BCUT2D eigenvalue weighted by atomic mass is 10.2. The summed E-state index contributed by atoms with van der Waals surface area (Å²) in [5.74, 6) is -2.20. The number of aromatic nitrogens is 4. The van der Waals surface area contributed by atoms with Gasteiger partial charge in [-0.15, -0.1) is 16.4 Å². The van der Waals surface area contributed by atoms with Crippen molar-refractivity contribution in [3.8, 4) is 11.3 Å². The smallest absolute Gasteiger partial charge is 0.301 e. The molecule has 1 atom stereocenters. The summed E-state index contributed by atoms with van der Waals surface area (Å²) >= 11 is 2.34. The average molecular weight is 425 g/mol. The van der Waals surface area contributed by atoms with Gasteiger partial charge in [0.05, 0.1) is 10.9 Å². The molecule has 7 nitrogen and oxygen atoms in total. The molecule has 2 heterocycles. The molecule has 0 bridgehead atoms. The maximum atomic E-state index is 13.4. The number of aromatic amines is 1. The summed E-state index contributed by atoms with van der Waals surface area (Å²) in [7, 11) is 0. The quantitative estimate of drug-likeness (QED) is 0.565. The monoisotopic (exact) mass is 425 g/mol. The third kappa shape index (κ3) is 4.47. The van der Waals surface area contributed by atoms with Crippen LogP contribution >= 0.6 is 23.1 Å². The lowest BCUT2D eigenvalue weighted by Crippen LogP contribution is -2.24. The molecule has 11 heteroatoms. The Balaban J connectivity index is 1.67. The second-order valence-corrected chi connectivity index (χ2v) is 8.05. The lowest BCUT2D eigenvalue weighted by Gasteiger charge is -2.10. The number of anilines is 1. The lowest BCUT2D eigenvalue weighted by molar-refractivity contribution is -0.115. The van der Waals surface area contributed by atoms with Crippen LogP contribution in [0.4, 0.5) is 13.9 Å². The SMILES string of the molecule is CCCn1c(SC(C)C(=O)Nc2nc(-c3ccc(F)c(F)c3)cs2)n[nH]c1=O. The van der Waals surface area contributed by atoms with Crippen LogP contribution in [0, 0.1) is 11.6 Å². The van der Waals surface area contributed by atoms with Crippen LogP contribution in [0.25, 0.3) is 11.3 Å². The van der Waals surface area contributed by atoms with Crippen LogP contribution in [0.3, 0.4) is 0 Å². The highest BCUT2D eigenvalue weighted by Crippen LogP contribution is 2.27. The molecule has 1 aromatic carbocycles. The Morgan fingerprint density at radius 3 is 2.89 bits per heavy atom. The number of amides is 1. The van der Waals surface area contributed by atoms with E-state index in [2.05, 4.69) is 20.5 Å². The number of carbonyl (C=O) groups is 1. The Hall–Kier alpha value is -2.53. The highest BCUT2D eigenvalue weighted by molar-refractivity contribution is 8.00. The summed E-state index contributed by atoms with van der Waals surface area (Å²) < 4.78 is 27.9. The zero-order valence-corrected chi connectivity index (χ0v) is 16.7. The molecule has 0 aliphatic carbocycles. The number of nitrogens with zero attached hydrogens (tertiary/aromatic N) is 3. The molecule has 3 rings (SSSR count). The minimum Gasteiger partial charge on any atom is -0.301 e. The van der Waals surface area contributed by atoms with Crippen molar-refractivity contribution in [1.29, 1.82) is 0 Å². The zero-order valence-electron chi connectivity index (χ0n) is 15.0. The van der Waals surface area contributed by atoms with Crippen molar-refractivity contribution in [3.63, 3.8) is 0 Å². The van der Waals surface area contributed by atoms with Gasteiger partial charge in [0.15, 0.2) is 21.9 Å². The number of H-pyrrole nitrogens is 1. The summed E-state index contributed by atoms with van der Waals surface area (Å²) in [6, 6.07) is 3.50. The van der Waals surface area contributed by atoms with Gasteiger partial charge in [-0.05, 0) is 31.5 Å². The first-order valence-corrected chi connectivity index (χ1v) is 10.2. The van der Waals surface area contributed by atoms with E-state index in [0.717, 1.165) is 30.3 Å². The van der Waals surface area contributed by atoms with Crippen LogP contribution in [0.1, 0.15) is 20.3 Å². The van der Waals surface area contributed by atoms with E-state index in [9.17, 15) is 18.4 Å². The van der Waals surface area contributed by atoms with E-state index in [4.69, 9.17) is 0 Å². The van der Waals surface area contributed by atoms with Crippen molar-refractivity contribution in [3.05, 3.63) is 45.7 Å². The van der Waals surface area contributed by atoms with Gasteiger partial charge in [-0.1, -0.05) is 18.7 Å². The number of rotatable bonds is 7. The summed E-state index contributed by atoms with van der Waals surface area (Å²) in [5, 5.41) is 10.9. The number of halogens is 2. The van der Waals surface area contributed by atoms with Gasteiger partial charge < -0.3 is 5.32 Å². The van der Waals surface area contributed by atoms with Crippen molar-refractivity contribution >= 4 is 34.1 Å². The van der Waals surface area contributed by atoms with Gasteiger partial charge in [0.2, 0.25) is 5.91 Å². The molecule has 1 unspecified atom stereocenters. The highest BCUT2D eigenvalue weighted by atomic mass is 32.2. The fourth-order valence-corrected chi connectivity index (χ4v) is 3.96. The fraction of sp³-hybridized carbons (Fsp3) is 0.294. The Labute approximate surface area is 167 Å². The molecule has 1 amide bonds. The minimum atomic E-state index is -0.960. The Morgan fingerprint density at radius 1 is 1.39 bits per heavy atom. The first-order valence-electron chi connectivity index (χ1n) is 8.42. The van der Waals surface area contributed by atoms with E-state index >= 15 is 0 Å². The molecule has 0 aliphatic rings. The number of nitrogens with one attached hydrogen (secondary N) is 2. The zero-order chi connectivity index (χ0) is 20.3. The highest BCUT2D eigenvalue weighted by Gasteiger charge is 2.20. The predicted octanol–water partition coefficient (Wildman–Crippen LogP) is 3.50. The molecule has 2 aromatic heterocycles. The molecule has 0 aliphatic heterocycles. The van der Waals surface area contributed by atoms with Crippen molar-refractivity contribution in [1.82, 2.24) is 19.7 Å². The van der Waals surface area contributed by atoms with Crippen LogP contribution < -0.4 is 11.0 Å². The molecule has 0 fully saturated rings. The third-order valence-corrected chi connectivity index (χ3v) is 5.62. The Kier molecular flexibility index (Phi) is 6.25. The molecule has 0 saturated carbocycles. The van der Waals surface area contributed by atoms with Gasteiger partial charge in [0.1, 0.15) is 0 Å². The maximum absolute atomic E-state index is 13.4. The fourth-order valence-electron chi connectivity index (χ4n) is 2.35. The Bertz CT molecular complexity index is 1050. The van der Waals surface area contributed by atoms with E-state index in [-0.39, 0.29) is 11.6 Å². The first kappa shape index (κ1) is 20.2. The van der Waals surface area contributed by atoms with Crippen LogP contribution in [0.2, 0.25) is 0 Å². The molecule has 2 N–H and O–H groups in total. The third-order valence-electron chi connectivity index (χ3n) is 3.77. The number of benzene rings is 1. The van der Waals surface area contributed by atoms with Crippen LogP contribution in [-0.2, 0) is 11.3 Å². The number of carbonyl (C=O) groups excluding carboxylic acids is 1. The molecule has 3 aromatic rings. The molecule has 0 saturated heterocycles. The topological polar surface area (TPSA) is 92.7 Å². The molecule has 28 heavy (non-hydrogen) atoms. The predicted molar refractivity (Wildman–Crippen MR) is 105 cm³/mol. The van der Waals surface area contributed by atoms with Gasteiger partial charge in [-0.25, -0.2) is 23.7 Å². The van der Waals surface area contributed by atoms with Gasteiger partial charge in [-0.2, -0.15) is 0 Å². The van der Waals surface area contributed by atoms with E-state index < -0.39 is 16.9 Å². The molecular weight excluding hydrogens is 408 g/mol. The van der Waals surface area contributed by atoms with Crippen LogP contribution in [0.15, 0.2) is 33.5 Å². The van der Waals surface area contributed by atoms with E-state index in [1.54, 1.807) is 12.3 Å². The second kappa shape index (κ2) is 8.65. The van der Waals surface area contributed by atoms with Crippen LogP contribution in [0.5, 0.6) is 0 Å². The molecular formula is C17H17F2N5O2S2. The van der Waals surface area contributed by atoms with Crippen molar-refractivity contribution in [2.45, 2.75) is 37.2 Å². The number of hydrogen-bond donors (Lipinski definition) is 2. The standard InChI is InChI=1S/C17H17F2N5O2S2/c1-3-6-24-16(26)22-23-17(24)28-9(2)14(25)21-15-20-13(8-27-15)10-4-5-11(18)12(19)7-10/h4-5,7-9H,3,6H2,1-2H3,(H,22,26)(H,20,21,25). The molecule has 0 radical (unpaired) electrons. The van der Waals surface area contributed by atoms with Crippen molar-refractivity contribution in [2.24, 2.45) is 0 Å². The average Bonchev–Trinajstić information content (AvgIpc) is 3.26. The Morgan fingerprint density at radius 2 is 2.18 bits per heavy atom. The van der Waals surface area contributed by atoms with Crippen molar-refractivity contribution in [2.75, 3.05) is 5.32 Å². The summed E-state index contributed by atoms with van der Waals surface area (Å²) in [6.07, 6.45) is 0.763.